The molecular weight excluding hydrogens is 236 g/mol. The monoisotopic (exact) mass is 268 g/mol. The molecule has 0 bridgehead atoms. The fourth-order valence-corrected chi connectivity index (χ4v) is 2.36. The first kappa shape index (κ1) is 18.3. The summed E-state index contributed by atoms with van der Waals surface area (Å²) in [6.07, 6.45) is 17.1. The van der Waals surface area contributed by atoms with E-state index < -0.39 is 0 Å². The molecule has 0 aliphatic heterocycles. The van der Waals surface area contributed by atoms with Gasteiger partial charge < -0.3 is 4.79 Å². The van der Waals surface area contributed by atoms with E-state index in [1.54, 1.807) is 0 Å². The number of carbonyl (C=O) groups is 2. The van der Waals surface area contributed by atoms with Crippen molar-refractivity contribution < 1.29 is 9.59 Å². The molecule has 112 valence electrons. The lowest BCUT2D eigenvalue weighted by atomic mass is 10.0. The maximum Gasteiger partial charge on any atom is 0.139 e. The van der Waals surface area contributed by atoms with Crippen LogP contribution in [0, 0.1) is 0 Å². The number of unbranched alkanes of at least 4 members (excludes halogenated alkanes) is 11. The molecule has 0 saturated heterocycles. The lowest BCUT2D eigenvalue weighted by molar-refractivity contribution is -0.122. The van der Waals surface area contributed by atoms with Crippen LogP contribution in [0.1, 0.15) is 96.8 Å². The van der Waals surface area contributed by atoms with Crippen LogP contribution in [-0.2, 0) is 9.59 Å². The number of hydrogen-bond acceptors (Lipinski definition) is 2. The van der Waals surface area contributed by atoms with Crippen LogP contribution in [0.3, 0.4) is 0 Å². The van der Waals surface area contributed by atoms with Crippen LogP contribution >= 0.6 is 0 Å². The molecule has 0 N–H and O–H groups in total. The fraction of sp³-hybridized carbons (Fsp3) is 0.882. The Balaban J connectivity index is 3.02. The fourth-order valence-electron chi connectivity index (χ4n) is 2.36. The van der Waals surface area contributed by atoms with Crippen LogP contribution in [0.15, 0.2) is 0 Å². The minimum Gasteiger partial charge on any atom is -0.303 e. The quantitative estimate of drug-likeness (QED) is 0.231. The summed E-state index contributed by atoms with van der Waals surface area (Å²) in [6.45, 7) is 2.26. The highest BCUT2D eigenvalue weighted by Crippen LogP contribution is 2.12. The third kappa shape index (κ3) is 15.3. The summed E-state index contributed by atoms with van der Waals surface area (Å²) in [6, 6.07) is 0. The second-order valence-electron chi connectivity index (χ2n) is 5.55. The molecule has 0 fully saturated rings. The third-order valence-electron chi connectivity index (χ3n) is 3.62. The predicted octanol–water partition coefficient (Wildman–Crippen LogP) is 5.24. The Morgan fingerprint density at radius 1 is 0.737 bits per heavy atom. The molecule has 0 rings (SSSR count). The largest absolute Gasteiger partial charge is 0.303 e. The summed E-state index contributed by atoms with van der Waals surface area (Å²) in [4.78, 5) is 21.2. The van der Waals surface area contributed by atoms with Crippen molar-refractivity contribution in [3.05, 3.63) is 0 Å². The number of rotatable bonds is 15. The smallest absolute Gasteiger partial charge is 0.139 e. The third-order valence-corrected chi connectivity index (χ3v) is 3.62. The van der Waals surface area contributed by atoms with Gasteiger partial charge in [-0.2, -0.15) is 0 Å². The average Bonchev–Trinajstić information content (AvgIpc) is 2.40. The molecule has 0 heterocycles. The van der Waals surface area contributed by atoms with Gasteiger partial charge in [0.15, 0.2) is 0 Å². The zero-order valence-corrected chi connectivity index (χ0v) is 12.8. The normalized spacial score (nSPS) is 10.6. The highest BCUT2D eigenvalue weighted by molar-refractivity contribution is 5.89. The van der Waals surface area contributed by atoms with Crippen molar-refractivity contribution in [3.63, 3.8) is 0 Å². The van der Waals surface area contributed by atoms with E-state index in [9.17, 15) is 9.59 Å². The van der Waals surface area contributed by atoms with E-state index >= 15 is 0 Å². The van der Waals surface area contributed by atoms with Crippen LogP contribution in [0.25, 0.3) is 0 Å². The summed E-state index contributed by atoms with van der Waals surface area (Å²) < 4.78 is 0. The Kier molecular flexibility index (Phi) is 14.9. The topological polar surface area (TPSA) is 34.1 Å². The van der Waals surface area contributed by atoms with Crippen LogP contribution in [0.2, 0.25) is 0 Å². The van der Waals surface area contributed by atoms with E-state index in [2.05, 4.69) is 6.92 Å². The summed E-state index contributed by atoms with van der Waals surface area (Å²) in [5.41, 5.74) is 0. The molecule has 0 atom stereocenters. The summed E-state index contributed by atoms with van der Waals surface area (Å²) >= 11 is 0. The summed E-state index contributed by atoms with van der Waals surface area (Å²) in [5, 5.41) is 0. The van der Waals surface area contributed by atoms with E-state index in [0.717, 1.165) is 12.8 Å². The van der Waals surface area contributed by atoms with E-state index in [1.165, 1.54) is 64.2 Å². The van der Waals surface area contributed by atoms with Gasteiger partial charge in [0.2, 0.25) is 0 Å². The molecule has 0 spiro atoms. The molecule has 0 aliphatic carbocycles. The number of Topliss-reactive ketones (excluding diaryl/α,β-unsaturated/α-hetero) is 1. The van der Waals surface area contributed by atoms with Crippen LogP contribution in [-0.4, -0.2) is 12.1 Å². The van der Waals surface area contributed by atoms with Crippen molar-refractivity contribution in [1.29, 1.82) is 0 Å². The highest BCUT2D eigenvalue weighted by Gasteiger charge is 1.99. The Morgan fingerprint density at radius 2 is 1.16 bits per heavy atom. The van der Waals surface area contributed by atoms with E-state index in [4.69, 9.17) is 0 Å². The molecule has 0 aromatic heterocycles. The van der Waals surface area contributed by atoms with E-state index in [1.807, 2.05) is 0 Å². The second kappa shape index (κ2) is 15.4. The van der Waals surface area contributed by atoms with Gasteiger partial charge in [0.1, 0.15) is 12.1 Å². The van der Waals surface area contributed by atoms with Gasteiger partial charge in [-0.15, -0.1) is 0 Å². The number of hydrogen-bond donors (Lipinski definition) is 0. The van der Waals surface area contributed by atoms with Crippen molar-refractivity contribution in [2.75, 3.05) is 0 Å². The molecule has 0 radical (unpaired) electrons. The lowest BCUT2D eigenvalue weighted by Crippen LogP contribution is -1.97. The number of ketones is 1. The van der Waals surface area contributed by atoms with Crippen molar-refractivity contribution >= 4 is 12.1 Å². The van der Waals surface area contributed by atoms with E-state index in [0.29, 0.717) is 12.7 Å². The second-order valence-corrected chi connectivity index (χ2v) is 5.55. The lowest BCUT2D eigenvalue weighted by Gasteiger charge is -2.02. The predicted molar refractivity (Wildman–Crippen MR) is 81.4 cm³/mol. The molecule has 0 aliphatic rings. The first-order valence-corrected chi connectivity index (χ1v) is 8.26. The first-order chi connectivity index (χ1) is 9.31. The van der Waals surface area contributed by atoms with Gasteiger partial charge in [0.25, 0.3) is 0 Å². The molecule has 0 unspecified atom stereocenters. The highest BCUT2D eigenvalue weighted by atomic mass is 16.1. The summed E-state index contributed by atoms with van der Waals surface area (Å²) in [5.74, 6) is 0.0991. The average molecular weight is 268 g/mol. The number of aldehydes is 1. The van der Waals surface area contributed by atoms with E-state index in [-0.39, 0.29) is 12.2 Å². The van der Waals surface area contributed by atoms with Crippen molar-refractivity contribution in [1.82, 2.24) is 0 Å². The molecule has 0 amide bonds. The van der Waals surface area contributed by atoms with Gasteiger partial charge in [-0.05, 0) is 6.42 Å². The first-order valence-electron chi connectivity index (χ1n) is 8.26. The maximum atomic E-state index is 11.1. The van der Waals surface area contributed by atoms with Gasteiger partial charge in [-0.25, -0.2) is 0 Å². The molecule has 0 aromatic carbocycles. The molecule has 0 aromatic rings. The molecule has 0 saturated carbocycles. The van der Waals surface area contributed by atoms with Crippen molar-refractivity contribution in [2.45, 2.75) is 96.8 Å². The maximum absolute atomic E-state index is 11.1. The molecule has 2 heteroatoms. The van der Waals surface area contributed by atoms with Crippen molar-refractivity contribution in [2.24, 2.45) is 0 Å². The molecule has 19 heavy (non-hydrogen) atoms. The standard InChI is InChI=1S/C17H32O2/c1-2-3-4-5-6-7-8-9-10-11-12-13-14-17(19)15-16-18/h16H,2-15H2,1H3. The van der Waals surface area contributed by atoms with Crippen LogP contribution in [0.5, 0.6) is 0 Å². The van der Waals surface area contributed by atoms with Gasteiger partial charge in [0.05, 0.1) is 6.42 Å². The zero-order chi connectivity index (χ0) is 14.2. The van der Waals surface area contributed by atoms with Gasteiger partial charge >= 0.3 is 0 Å². The Bertz CT molecular complexity index is 211. The number of carbonyl (C=O) groups excluding carboxylic acids is 2. The SMILES string of the molecule is CCCCCCCCCCCCCCC(=O)CC=O. The Labute approximate surface area is 119 Å². The Morgan fingerprint density at radius 3 is 1.58 bits per heavy atom. The van der Waals surface area contributed by atoms with Crippen molar-refractivity contribution in [3.8, 4) is 0 Å². The zero-order valence-electron chi connectivity index (χ0n) is 12.8. The minimum atomic E-state index is 0.0991. The minimum absolute atomic E-state index is 0.0991. The van der Waals surface area contributed by atoms with Gasteiger partial charge in [0, 0.05) is 6.42 Å². The van der Waals surface area contributed by atoms with Crippen LogP contribution < -0.4 is 0 Å². The summed E-state index contributed by atoms with van der Waals surface area (Å²) in [7, 11) is 0. The molecular formula is C17H32O2. The van der Waals surface area contributed by atoms with Gasteiger partial charge in [-0.1, -0.05) is 77.6 Å². The Hall–Kier alpha value is -0.660. The molecule has 2 nitrogen and oxygen atoms in total. The van der Waals surface area contributed by atoms with Crippen LogP contribution in [0.4, 0.5) is 0 Å². The van der Waals surface area contributed by atoms with Gasteiger partial charge in [-0.3, -0.25) is 4.79 Å².